The van der Waals surface area contributed by atoms with E-state index in [9.17, 15) is 9.90 Å². The molecule has 2 aromatic rings. The van der Waals surface area contributed by atoms with Crippen LogP contribution in [-0.4, -0.2) is 45.0 Å². The van der Waals surface area contributed by atoms with Crippen LogP contribution in [0.1, 0.15) is 46.3 Å². The molecule has 26 heavy (non-hydrogen) atoms. The molecule has 4 rings (SSSR count). The van der Waals surface area contributed by atoms with E-state index in [2.05, 4.69) is 20.1 Å². The standard InChI is InChI=1S/C19H24N4O3/c1-12-3-2-4-13(7-12)19(25)20-10-15-8-14(9-16(15)24)18-22-21-17-11-26-6-5-23(17)18/h2-4,7,14-16,24H,5-6,8-11H2,1H3,(H,20,25)/t14-,15+,16+/m0/s1. The van der Waals surface area contributed by atoms with Crippen molar-refractivity contribution < 1.29 is 14.6 Å². The topological polar surface area (TPSA) is 89.3 Å². The van der Waals surface area contributed by atoms with Crippen LogP contribution in [0.4, 0.5) is 0 Å². The highest BCUT2D eigenvalue weighted by Crippen LogP contribution is 2.38. The Morgan fingerprint density at radius 3 is 3.12 bits per heavy atom. The highest BCUT2D eigenvalue weighted by molar-refractivity contribution is 5.94. The SMILES string of the molecule is Cc1cccc(C(=O)NC[C@H]2C[C@H](c3nnc4n3CCOC4)C[C@H]2O)c1. The number of nitrogens with one attached hydrogen (secondary N) is 1. The number of aliphatic hydroxyl groups excluding tert-OH is 1. The van der Waals surface area contributed by atoms with Gasteiger partial charge in [-0.3, -0.25) is 4.79 Å². The van der Waals surface area contributed by atoms with E-state index in [-0.39, 0.29) is 17.7 Å². The zero-order valence-electron chi connectivity index (χ0n) is 14.9. The minimum Gasteiger partial charge on any atom is -0.393 e. The van der Waals surface area contributed by atoms with E-state index in [0.717, 1.165) is 30.2 Å². The quantitative estimate of drug-likeness (QED) is 0.864. The molecule has 1 amide bonds. The van der Waals surface area contributed by atoms with Crippen LogP contribution in [0, 0.1) is 12.8 Å². The van der Waals surface area contributed by atoms with Gasteiger partial charge in [0.1, 0.15) is 12.4 Å². The normalized spacial score (nSPS) is 25.1. The molecule has 0 saturated heterocycles. The number of ether oxygens (including phenoxy) is 1. The van der Waals surface area contributed by atoms with Gasteiger partial charge in [-0.15, -0.1) is 10.2 Å². The molecule has 1 aromatic carbocycles. The van der Waals surface area contributed by atoms with Gasteiger partial charge in [-0.05, 0) is 31.9 Å². The number of fused-ring (bicyclic) bond motifs is 1. The van der Waals surface area contributed by atoms with Gasteiger partial charge in [0.05, 0.1) is 12.7 Å². The van der Waals surface area contributed by atoms with E-state index in [4.69, 9.17) is 4.74 Å². The molecule has 2 aliphatic rings. The lowest BCUT2D eigenvalue weighted by atomic mass is 10.0. The summed E-state index contributed by atoms with van der Waals surface area (Å²) in [5.74, 6) is 1.90. The Morgan fingerprint density at radius 1 is 1.38 bits per heavy atom. The molecule has 1 saturated carbocycles. The van der Waals surface area contributed by atoms with Gasteiger partial charge in [0.25, 0.3) is 5.91 Å². The first-order chi connectivity index (χ1) is 12.6. The summed E-state index contributed by atoms with van der Waals surface area (Å²) in [6.07, 6.45) is 1.02. The predicted octanol–water partition coefficient (Wildman–Crippen LogP) is 1.40. The van der Waals surface area contributed by atoms with Crippen molar-refractivity contribution in [2.24, 2.45) is 5.92 Å². The number of aliphatic hydroxyl groups is 1. The van der Waals surface area contributed by atoms with E-state index in [0.29, 0.717) is 31.7 Å². The highest BCUT2D eigenvalue weighted by Gasteiger charge is 2.37. The lowest BCUT2D eigenvalue weighted by molar-refractivity contribution is 0.0801. The fourth-order valence-electron chi connectivity index (χ4n) is 3.97. The van der Waals surface area contributed by atoms with Gasteiger partial charge in [0, 0.05) is 30.5 Å². The molecule has 7 heteroatoms. The van der Waals surface area contributed by atoms with Gasteiger partial charge in [-0.25, -0.2) is 0 Å². The lowest BCUT2D eigenvalue weighted by Gasteiger charge is -2.18. The second kappa shape index (κ2) is 7.17. The first-order valence-electron chi connectivity index (χ1n) is 9.14. The number of carbonyl (C=O) groups excluding carboxylic acids is 1. The van der Waals surface area contributed by atoms with Gasteiger partial charge >= 0.3 is 0 Å². The Morgan fingerprint density at radius 2 is 2.27 bits per heavy atom. The molecule has 0 spiro atoms. The number of carbonyl (C=O) groups is 1. The van der Waals surface area contributed by atoms with Gasteiger partial charge < -0.3 is 19.7 Å². The van der Waals surface area contributed by atoms with E-state index in [1.54, 1.807) is 6.07 Å². The summed E-state index contributed by atoms with van der Waals surface area (Å²) in [5, 5.41) is 22.0. The summed E-state index contributed by atoms with van der Waals surface area (Å²) in [6.45, 7) is 4.36. The Bertz CT molecular complexity index is 804. The van der Waals surface area contributed by atoms with Crippen LogP contribution in [0.15, 0.2) is 24.3 Å². The van der Waals surface area contributed by atoms with Crippen molar-refractivity contribution >= 4 is 5.91 Å². The number of aromatic nitrogens is 3. The van der Waals surface area contributed by atoms with Crippen molar-refractivity contribution in [1.82, 2.24) is 20.1 Å². The Balaban J connectivity index is 1.38. The van der Waals surface area contributed by atoms with Crippen LogP contribution in [0.3, 0.4) is 0 Å². The Labute approximate surface area is 152 Å². The first kappa shape index (κ1) is 17.2. The Hall–Kier alpha value is -2.25. The Kier molecular flexibility index (Phi) is 4.74. The molecule has 1 aromatic heterocycles. The van der Waals surface area contributed by atoms with Gasteiger partial charge in [0.15, 0.2) is 5.82 Å². The molecule has 0 radical (unpaired) electrons. The lowest BCUT2D eigenvalue weighted by Crippen LogP contribution is -2.32. The zero-order valence-corrected chi connectivity index (χ0v) is 14.9. The summed E-state index contributed by atoms with van der Waals surface area (Å²) in [7, 11) is 0. The molecule has 0 unspecified atom stereocenters. The summed E-state index contributed by atoms with van der Waals surface area (Å²) in [5.41, 5.74) is 1.71. The highest BCUT2D eigenvalue weighted by atomic mass is 16.5. The van der Waals surface area contributed by atoms with Crippen molar-refractivity contribution in [3.05, 3.63) is 47.0 Å². The maximum Gasteiger partial charge on any atom is 0.251 e. The number of hydrogen-bond donors (Lipinski definition) is 2. The van der Waals surface area contributed by atoms with Crippen LogP contribution >= 0.6 is 0 Å². The van der Waals surface area contributed by atoms with E-state index >= 15 is 0 Å². The number of nitrogens with zero attached hydrogens (tertiary/aromatic N) is 3. The molecule has 2 heterocycles. The summed E-state index contributed by atoms with van der Waals surface area (Å²) in [4.78, 5) is 12.3. The molecule has 138 valence electrons. The molecular formula is C19H24N4O3. The maximum atomic E-state index is 12.3. The van der Waals surface area contributed by atoms with Crippen LogP contribution in [-0.2, 0) is 17.9 Å². The second-order valence-corrected chi connectivity index (χ2v) is 7.25. The van der Waals surface area contributed by atoms with E-state index in [1.165, 1.54) is 0 Å². The molecule has 2 N–H and O–H groups in total. The fraction of sp³-hybridized carbons (Fsp3) is 0.526. The van der Waals surface area contributed by atoms with Crippen molar-refractivity contribution in [3.8, 4) is 0 Å². The predicted molar refractivity (Wildman–Crippen MR) is 94.7 cm³/mol. The van der Waals surface area contributed by atoms with Crippen LogP contribution in [0.25, 0.3) is 0 Å². The number of amides is 1. The van der Waals surface area contributed by atoms with Gasteiger partial charge in [-0.2, -0.15) is 0 Å². The van der Waals surface area contributed by atoms with E-state index < -0.39 is 6.10 Å². The second-order valence-electron chi connectivity index (χ2n) is 7.25. The third kappa shape index (κ3) is 3.37. The monoisotopic (exact) mass is 356 g/mol. The number of aryl methyl sites for hydroxylation is 1. The summed E-state index contributed by atoms with van der Waals surface area (Å²) < 4.78 is 7.53. The third-order valence-corrected chi connectivity index (χ3v) is 5.37. The van der Waals surface area contributed by atoms with Crippen LogP contribution < -0.4 is 5.32 Å². The molecule has 7 nitrogen and oxygen atoms in total. The van der Waals surface area contributed by atoms with Crippen LogP contribution in [0.5, 0.6) is 0 Å². The fourth-order valence-corrected chi connectivity index (χ4v) is 3.97. The molecule has 1 fully saturated rings. The molecule has 1 aliphatic heterocycles. The zero-order chi connectivity index (χ0) is 18.1. The number of rotatable bonds is 4. The summed E-state index contributed by atoms with van der Waals surface area (Å²) >= 11 is 0. The average molecular weight is 356 g/mol. The van der Waals surface area contributed by atoms with Crippen molar-refractivity contribution in [1.29, 1.82) is 0 Å². The van der Waals surface area contributed by atoms with Crippen molar-refractivity contribution in [2.45, 2.75) is 44.9 Å². The number of hydrogen-bond acceptors (Lipinski definition) is 5. The average Bonchev–Trinajstić information content (AvgIpc) is 3.23. The van der Waals surface area contributed by atoms with E-state index in [1.807, 2.05) is 25.1 Å². The third-order valence-electron chi connectivity index (χ3n) is 5.37. The number of benzene rings is 1. The minimum absolute atomic E-state index is 0.0292. The summed E-state index contributed by atoms with van der Waals surface area (Å²) in [6, 6.07) is 7.52. The molecular weight excluding hydrogens is 332 g/mol. The van der Waals surface area contributed by atoms with Gasteiger partial charge in [-0.1, -0.05) is 17.7 Å². The molecule has 3 atom stereocenters. The van der Waals surface area contributed by atoms with Gasteiger partial charge in [0.2, 0.25) is 0 Å². The van der Waals surface area contributed by atoms with Crippen LogP contribution in [0.2, 0.25) is 0 Å². The largest absolute Gasteiger partial charge is 0.393 e. The maximum absolute atomic E-state index is 12.3. The first-order valence-corrected chi connectivity index (χ1v) is 9.14. The van der Waals surface area contributed by atoms with Crippen molar-refractivity contribution in [2.75, 3.05) is 13.2 Å². The molecule has 1 aliphatic carbocycles. The minimum atomic E-state index is -0.439. The molecule has 0 bridgehead atoms. The smallest absolute Gasteiger partial charge is 0.251 e. The van der Waals surface area contributed by atoms with Crippen molar-refractivity contribution in [3.63, 3.8) is 0 Å².